The molecule has 16 heavy (non-hydrogen) atoms. The van der Waals surface area contributed by atoms with Crippen LogP contribution in [0.3, 0.4) is 0 Å². The molecule has 0 atom stereocenters. The fourth-order valence-electron chi connectivity index (χ4n) is 1.10. The molecule has 0 spiro atoms. The number of rotatable bonds is 3. The van der Waals surface area contributed by atoms with Crippen molar-refractivity contribution in [3.05, 3.63) is 30.3 Å². The summed E-state index contributed by atoms with van der Waals surface area (Å²) in [5, 5.41) is 0. The normalized spacial score (nSPS) is 10.4. The SMILES string of the molecule is CCCC#CN(C)S(=O)(=O)c1ccccc1. The highest BCUT2D eigenvalue weighted by Gasteiger charge is 2.17. The standard InChI is InChI=1S/C12H15NO2S/c1-3-4-8-11-13(2)16(14,15)12-9-6-5-7-10-12/h5-7,9-10H,3-4H2,1-2H3. The summed E-state index contributed by atoms with van der Waals surface area (Å²) in [6.07, 6.45) is 1.63. The van der Waals surface area contributed by atoms with E-state index in [1.165, 1.54) is 7.05 Å². The maximum atomic E-state index is 11.9. The summed E-state index contributed by atoms with van der Waals surface area (Å²) < 4.78 is 25.0. The van der Waals surface area contributed by atoms with Crippen LogP contribution in [0.15, 0.2) is 35.2 Å². The molecule has 1 aromatic carbocycles. The van der Waals surface area contributed by atoms with Crippen molar-refractivity contribution in [1.82, 2.24) is 4.31 Å². The second kappa shape index (κ2) is 5.57. The van der Waals surface area contributed by atoms with Gasteiger partial charge in [0.2, 0.25) is 0 Å². The van der Waals surface area contributed by atoms with Gasteiger partial charge in [-0.3, -0.25) is 0 Å². The summed E-state index contributed by atoms with van der Waals surface area (Å²) in [5.74, 6) is 2.81. The van der Waals surface area contributed by atoms with Crippen LogP contribution in [0.25, 0.3) is 0 Å². The third kappa shape index (κ3) is 3.01. The van der Waals surface area contributed by atoms with Crippen molar-refractivity contribution in [2.24, 2.45) is 0 Å². The lowest BCUT2D eigenvalue weighted by molar-refractivity contribution is 0.547. The smallest absolute Gasteiger partial charge is 0.228 e. The van der Waals surface area contributed by atoms with Gasteiger partial charge in [-0.25, -0.2) is 12.7 Å². The first-order valence-corrected chi connectivity index (χ1v) is 6.55. The summed E-state index contributed by atoms with van der Waals surface area (Å²) >= 11 is 0. The highest BCUT2D eigenvalue weighted by atomic mass is 32.2. The van der Waals surface area contributed by atoms with Crippen LogP contribution in [0.5, 0.6) is 0 Å². The van der Waals surface area contributed by atoms with Gasteiger partial charge in [-0.2, -0.15) is 0 Å². The number of sulfonamides is 1. The van der Waals surface area contributed by atoms with E-state index in [4.69, 9.17) is 0 Å². The van der Waals surface area contributed by atoms with Crippen LogP contribution >= 0.6 is 0 Å². The minimum Gasteiger partial charge on any atom is -0.228 e. The van der Waals surface area contributed by atoms with Crippen LogP contribution in [-0.2, 0) is 10.0 Å². The molecular formula is C12H15NO2S. The van der Waals surface area contributed by atoms with Crippen molar-refractivity contribution in [3.63, 3.8) is 0 Å². The van der Waals surface area contributed by atoms with Crippen LogP contribution < -0.4 is 0 Å². The largest absolute Gasteiger partial charge is 0.270 e. The van der Waals surface area contributed by atoms with E-state index in [0.717, 1.165) is 10.7 Å². The van der Waals surface area contributed by atoms with Crippen LogP contribution in [-0.4, -0.2) is 19.8 Å². The minimum absolute atomic E-state index is 0.267. The molecule has 0 bridgehead atoms. The molecule has 1 aromatic rings. The predicted molar refractivity (Wildman–Crippen MR) is 64.1 cm³/mol. The van der Waals surface area contributed by atoms with Gasteiger partial charge >= 0.3 is 0 Å². The zero-order valence-corrected chi connectivity index (χ0v) is 10.3. The summed E-state index contributed by atoms with van der Waals surface area (Å²) in [4.78, 5) is 0.267. The van der Waals surface area contributed by atoms with Gasteiger partial charge < -0.3 is 0 Å². The topological polar surface area (TPSA) is 37.4 Å². The molecular weight excluding hydrogens is 222 g/mol. The average molecular weight is 237 g/mol. The molecule has 0 amide bonds. The van der Waals surface area contributed by atoms with Gasteiger partial charge in [-0.1, -0.05) is 31.0 Å². The molecule has 0 N–H and O–H groups in total. The lowest BCUT2D eigenvalue weighted by Crippen LogP contribution is -2.21. The highest BCUT2D eigenvalue weighted by molar-refractivity contribution is 7.89. The second-order valence-corrected chi connectivity index (χ2v) is 5.29. The number of benzene rings is 1. The van der Waals surface area contributed by atoms with Gasteiger partial charge in [0.25, 0.3) is 10.0 Å². The first-order valence-electron chi connectivity index (χ1n) is 5.11. The highest BCUT2D eigenvalue weighted by Crippen LogP contribution is 2.12. The van der Waals surface area contributed by atoms with E-state index in [1.54, 1.807) is 30.3 Å². The van der Waals surface area contributed by atoms with Gasteiger partial charge in [0.15, 0.2) is 0 Å². The van der Waals surface area contributed by atoms with Crippen molar-refractivity contribution >= 4 is 10.0 Å². The fraction of sp³-hybridized carbons (Fsp3) is 0.333. The van der Waals surface area contributed by atoms with Crippen molar-refractivity contribution < 1.29 is 8.42 Å². The van der Waals surface area contributed by atoms with E-state index in [2.05, 4.69) is 12.0 Å². The Hall–Kier alpha value is -1.47. The summed E-state index contributed by atoms with van der Waals surface area (Å²) in [7, 11) is -2.00. The van der Waals surface area contributed by atoms with E-state index in [9.17, 15) is 8.42 Å². The average Bonchev–Trinajstić information content (AvgIpc) is 2.30. The Labute approximate surface area is 97.1 Å². The Morgan fingerprint density at radius 2 is 1.88 bits per heavy atom. The van der Waals surface area contributed by atoms with E-state index < -0.39 is 10.0 Å². The first kappa shape index (κ1) is 12.6. The molecule has 1 rings (SSSR count). The number of unbranched alkanes of at least 4 members (excludes halogenated alkanes) is 1. The van der Waals surface area contributed by atoms with Gasteiger partial charge in [0, 0.05) is 19.5 Å². The van der Waals surface area contributed by atoms with Crippen LogP contribution in [0.4, 0.5) is 0 Å². The Kier molecular flexibility index (Phi) is 4.39. The molecule has 0 unspecified atom stereocenters. The monoisotopic (exact) mass is 237 g/mol. The number of hydrogen-bond acceptors (Lipinski definition) is 2. The van der Waals surface area contributed by atoms with E-state index in [-0.39, 0.29) is 4.90 Å². The Morgan fingerprint density at radius 1 is 1.25 bits per heavy atom. The van der Waals surface area contributed by atoms with Crippen LogP contribution in [0.1, 0.15) is 19.8 Å². The quantitative estimate of drug-likeness (QED) is 0.596. The van der Waals surface area contributed by atoms with Gasteiger partial charge in [0.05, 0.1) is 4.90 Å². The maximum absolute atomic E-state index is 11.9. The summed E-state index contributed by atoms with van der Waals surface area (Å²) in [5.41, 5.74) is 0. The summed E-state index contributed by atoms with van der Waals surface area (Å²) in [6.45, 7) is 2.00. The molecule has 0 heterocycles. The zero-order chi connectivity index (χ0) is 12.0. The van der Waals surface area contributed by atoms with Crippen molar-refractivity contribution in [1.29, 1.82) is 0 Å². The van der Waals surface area contributed by atoms with E-state index in [1.807, 2.05) is 6.92 Å². The Balaban J connectivity index is 2.92. The van der Waals surface area contributed by atoms with Crippen molar-refractivity contribution in [2.75, 3.05) is 7.05 Å². The molecule has 0 saturated heterocycles. The fourth-order valence-corrected chi connectivity index (χ4v) is 2.10. The Morgan fingerprint density at radius 3 is 2.44 bits per heavy atom. The molecule has 0 aliphatic carbocycles. The van der Waals surface area contributed by atoms with Crippen LogP contribution in [0, 0.1) is 12.0 Å². The predicted octanol–water partition coefficient (Wildman–Crippen LogP) is 2.07. The third-order valence-electron chi connectivity index (χ3n) is 2.01. The molecule has 0 radical (unpaired) electrons. The van der Waals surface area contributed by atoms with Gasteiger partial charge in [-0.15, -0.1) is 0 Å². The molecule has 86 valence electrons. The molecule has 0 aliphatic rings. The number of nitrogens with zero attached hydrogens (tertiary/aromatic N) is 1. The number of hydrogen-bond donors (Lipinski definition) is 0. The van der Waals surface area contributed by atoms with Crippen molar-refractivity contribution in [3.8, 4) is 12.0 Å². The minimum atomic E-state index is -3.46. The molecule has 3 nitrogen and oxygen atoms in total. The zero-order valence-electron chi connectivity index (χ0n) is 9.47. The molecule has 0 saturated carbocycles. The molecule has 0 aromatic heterocycles. The van der Waals surface area contributed by atoms with Crippen LogP contribution in [0.2, 0.25) is 0 Å². The van der Waals surface area contributed by atoms with Gasteiger partial charge in [-0.05, 0) is 18.6 Å². The van der Waals surface area contributed by atoms with Gasteiger partial charge in [0.1, 0.15) is 0 Å². The summed E-state index contributed by atoms with van der Waals surface area (Å²) in [6, 6.07) is 10.9. The van der Waals surface area contributed by atoms with E-state index in [0.29, 0.717) is 6.42 Å². The molecule has 0 fully saturated rings. The first-order chi connectivity index (χ1) is 7.59. The van der Waals surface area contributed by atoms with Crippen molar-refractivity contribution in [2.45, 2.75) is 24.7 Å². The van der Waals surface area contributed by atoms with E-state index >= 15 is 0 Å². The molecule has 4 heteroatoms. The lowest BCUT2D eigenvalue weighted by atomic mass is 10.4. The Bertz CT molecular complexity index is 483. The maximum Gasteiger partial charge on any atom is 0.270 e. The third-order valence-corrected chi connectivity index (χ3v) is 3.69. The lowest BCUT2D eigenvalue weighted by Gasteiger charge is -2.11. The second-order valence-electron chi connectivity index (χ2n) is 3.32. The molecule has 0 aliphatic heterocycles.